The first kappa shape index (κ1) is 14.5. The minimum atomic E-state index is -0.931. The van der Waals surface area contributed by atoms with Crippen molar-refractivity contribution in [1.29, 1.82) is 0 Å². The van der Waals surface area contributed by atoms with Gasteiger partial charge in [-0.1, -0.05) is 12.1 Å². The molecule has 1 aromatic rings. The molecule has 2 atom stereocenters. The van der Waals surface area contributed by atoms with Crippen LogP contribution in [-0.4, -0.2) is 44.6 Å². The minimum absolute atomic E-state index is 0.0177. The quantitative estimate of drug-likeness (QED) is 0.885. The zero-order valence-electron chi connectivity index (χ0n) is 11.7. The number of likely N-dealkylation sites (tertiary alicyclic amines) is 1. The smallest absolute Gasteiger partial charge is 0.326 e. The molecule has 1 N–H and O–H groups in total. The first-order valence-electron chi connectivity index (χ1n) is 6.80. The third-order valence-corrected chi connectivity index (χ3v) is 3.63. The van der Waals surface area contributed by atoms with Crippen LogP contribution >= 0.6 is 0 Å². The number of aliphatic carboxylic acids is 1. The van der Waals surface area contributed by atoms with Crippen molar-refractivity contribution in [2.75, 3.05) is 6.54 Å². The number of rotatable bonds is 4. The lowest BCUT2D eigenvalue weighted by Gasteiger charge is -2.37. The molecule has 0 spiro atoms. The van der Waals surface area contributed by atoms with E-state index in [2.05, 4.69) is 10.1 Å². The number of carboxylic acids is 1. The number of amides is 1. The second kappa shape index (κ2) is 6.02. The molecule has 1 saturated heterocycles. The molecule has 2 rings (SSSR count). The number of carbonyl (C=O) groups excluding carboxylic acids is 1. The monoisotopic (exact) mass is 281 g/mol. The number of aromatic nitrogens is 2. The van der Waals surface area contributed by atoms with E-state index < -0.39 is 12.0 Å². The lowest BCUT2D eigenvalue weighted by molar-refractivity contribution is -0.154. The molecule has 20 heavy (non-hydrogen) atoms. The van der Waals surface area contributed by atoms with Gasteiger partial charge >= 0.3 is 5.97 Å². The number of hydrogen-bond acceptors (Lipinski definition) is 5. The number of carbonyl (C=O) groups is 2. The third kappa shape index (κ3) is 3.15. The Morgan fingerprint density at radius 3 is 2.85 bits per heavy atom. The summed E-state index contributed by atoms with van der Waals surface area (Å²) < 4.78 is 4.95. The highest BCUT2D eigenvalue weighted by Crippen LogP contribution is 2.24. The number of nitrogens with zero attached hydrogens (tertiary/aromatic N) is 3. The van der Waals surface area contributed by atoms with E-state index in [4.69, 9.17) is 4.52 Å². The van der Waals surface area contributed by atoms with Crippen LogP contribution in [0.5, 0.6) is 0 Å². The fourth-order valence-electron chi connectivity index (χ4n) is 2.64. The highest BCUT2D eigenvalue weighted by Gasteiger charge is 2.36. The summed E-state index contributed by atoms with van der Waals surface area (Å²) in [5.74, 6) is -0.176. The molecule has 1 aliphatic rings. The van der Waals surface area contributed by atoms with Crippen molar-refractivity contribution in [3.05, 3.63) is 11.7 Å². The lowest BCUT2D eigenvalue weighted by Crippen LogP contribution is -2.52. The molecule has 2 unspecified atom stereocenters. The molecular formula is C13H19N3O4. The molecule has 0 aliphatic carbocycles. The van der Waals surface area contributed by atoms with E-state index >= 15 is 0 Å². The van der Waals surface area contributed by atoms with Crippen molar-refractivity contribution >= 4 is 11.9 Å². The van der Waals surface area contributed by atoms with Gasteiger partial charge in [-0.15, -0.1) is 0 Å². The van der Waals surface area contributed by atoms with Gasteiger partial charge in [0, 0.05) is 19.4 Å². The minimum Gasteiger partial charge on any atom is -0.480 e. The molecule has 0 aromatic carbocycles. The molecule has 1 aliphatic heterocycles. The number of piperidine rings is 1. The van der Waals surface area contributed by atoms with Gasteiger partial charge in [-0.2, -0.15) is 4.98 Å². The molecule has 2 heterocycles. The van der Waals surface area contributed by atoms with Crippen LogP contribution < -0.4 is 0 Å². The summed E-state index contributed by atoms with van der Waals surface area (Å²) in [4.78, 5) is 29.0. The maximum Gasteiger partial charge on any atom is 0.326 e. The largest absolute Gasteiger partial charge is 0.480 e. The van der Waals surface area contributed by atoms with Crippen LogP contribution in [0.2, 0.25) is 0 Å². The fourth-order valence-corrected chi connectivity index (χ4v) is 2.64. The van der Waals surface area contributed by atoms with Crippen LogP contribution in [0, 0.1) is 12.8 Å². The van der Waals surface area contributed by atoms with Crippen LogP contribution in [-0.2, 0) is 16.0 Å². The molecule has 1 amide bonds. The van der Waals surface area contributed by atoms with Crippen molar-refractivity contribution in [1.82, 2.24) is 15.0 Å². The maximum absolute atomic E-state index is 12.2. The van der Waals surface area contributed by atoms with E-state index in [9.17, 15) is 14.7 Å². The highest BCUT2D eigenvalue weighted by atomic mass is 16.5. The van der Waals surface area contributed by atoms with E-state index in [-0.39, 0.29) is 18.2 Å². The van der Waals surface area contributed by atoms with Gasteiger partial charge < -0.3 is 14.5 Å². The molecule has 7 heteroatoms. The van der Waals surface area contributed by atoms with E-state index in [1.54, 1.807) is 6.92 Å². The summed E-state index contributed by atoms with van der Waals surface area (Å²) in [5.41, 5.74) is 0. The Morgan fingerprint density at radius 2 is 2.25 bits per heavy atom. The van der Waals surface area contributed by atoms with E-state index in [1.165, 1.54) is 4.90 Å². The Kier molecular flexibility index (Phi) is 4.36. The Bertz CT molecular complexity index is 500. The Labute approximate surface area is 117 Å². The zero-order valence-corrected chi connectivity index (χ0v) is 11.7. The van der Waals surface area contributed by atoms with E-state index in [0.717, 1.165) is 12.8 Å². The Morgan fingerprint density at radius 1 is 1.50 bits per heavy atom. The molecule has 0 radical (unpaired) electrons. The van der Waals surface area contributed by atoms with E-state index in [1.807, 2.05) is 6.92 Å². The average Bonchev–Trinajstić information content (AvgIpc) is 2.81. The van der Waals surface area contributed by atoms with Crippen LogP contribution in [0.25, 0.3) is 0 Å². The predicted octanol–water partition coefficient (Wildman–Crippen LogP) is 1.02. The third-order valence-electron chi connectivity index (χ3n) is 3.63. The van der Waals surface area contributed by atoms with Crippen molar-refractivity contribution in [2.45, 2.75) is 45.6 Å². The summed E-state index contributed by atoms with van der Waals surface area (Å²) in [5, 5.41) is 12.9. The Hall–Kier alpha value is -1.92. The second-order valence-corrected chi connectivity index (χ2v) is 5.23. The highest BCUT2D eigenvalue weighted by molar-refractivity contribution is 5.84. The van der Waals surface area contributed by atoms with Crippen LogP contribution in [0.4, 0.5) is 0 Å². The average molecular weight is 281 g/mol. The molecule has 1 fully saturated rings. The number of aryl methyl sites for hydroxylation is 2. The van der Waals surface area contributed by atoms with Gasteiger partial charge in [0.1, 0.15) is 6.04 Å². The van der Waals surface area contributed by atoms with Crippen LogP contribution in [0.1, 0.15) is 37.9 Å². The first-order valence-corrected chi connectivity index (χ1v) is 6.80. The number of hydrogen-bond donors (Lipinski definition) is 1. The molecular weight excluding hydrogens is 262 g/mol. The van der Waals surface area contributed by atoms with Gasteiger partial charge in [-0.25, -0.2) is 4.79 Å². The normalized spacial score (nSPS) is 22.8. The molecule has 0 bridgehead atoms. The summed E-state index contributed by atoms with van der Waals surface area (Å²) in [6.45, 7) is 4.09. The van der Waals surface area contributed by atoms with Gasteiger partial charge in [-0.3, -0.25) is 4.79 Å². The van der Waals surface area contributed by atoms with Crippen LogP contribution in [0.3, 0.4) is 0 Å². The topological polar surface area (TPSA) is 96.5 Å². The fraction of sp³-hybridized carbons (Fsp3) is 0.692. The number of carboxylic acid groups (broad SMARTS) is 1. The van der Waals surface area contributed by atoms with Crippen molar-refractivity contribution in [3.63, 3.8) is 0 Å². The Balaban J connectivity index is 1.97. The first-order chi connectivity index (χ1) is 9.49. The lowest BCUT2D eigenvalue weighted by atomic mass is 9.90. The molecule has 0 saturated carbocycles. The van der Waals surface area contributed by atoms with Crippen LogP contribution in [0.15, 0.2) is 4.52 Å². The summed E-state index contributed by atoms with van der Waals surface area (Å²) in [7, 11) is 0. The standard InChI is InChI=1S/C13H19N3O4/c1-8-4-3-7-16(12(8)13(18)19)11(17)6-5-10-14-9(2)15-20-10/h8,12H,3-7H2,1-2H3,(H,18,19). The summed E-state index contributed by atoms with van der Waals surface area (Å²) in [6.07, 6.45) is 2.22. The zero-order chi connectivity index (χ0) is 14.7. The predicted molar refractivity (Wildman–Crippen MR) is 68.9 cm³/mol. The molecule has 7 nitrogen and oxygen atoms in total. The van der Waals surface area contributed by atoms with Gasteiger partial charge in [0.2, 0.25) is 11.8 Å². The SMILES string of the molecule is Cc1noc(CCC(=O)N2CCCC(C)C2C(=O)O)n1. The van der Waals surface area contributed by atoms with Crippen molar-refractivity contribution in [3.8, 4) is 0 Å². The second-order valence-electron chi connectivity index (χ2n) is 5.23. The van der Waals surface area contributed by atoms with Gasteiger partial charge in [0.05, 0.1) is 0 Å². The van der Waals surface area contributed by atoms with Gasteiger partial charge in [0.15, 0.2) is 5.82 Å². The van der Waals surface area contributed by atoms with E-state index in [0.29, 0.717) is 24.7 Å². The summed E-state index contributed by atoms with van der Waals surface area (Å²) in [6, 6.07) is -0.722. The summed E-state index contributed by atoms with van der Waals surface area (Å²) >= 11 is 0. The van der Waals surface area contributed by atoms with Gasteiger partial charge in [0.25, 0.3) is 0 Å². The van der Waals surface area contributed by atoms with Crippen molar-refractivity contribution in [2.24, 2.45) is 5.92 Å². The van der Waals surface area contributed by atoms with Crippen molar-refractivity contribution < 1.29 is 19.2 Å². The molecule has 110 valence electrons. The maximum atomic E-state index is 12.2. The molecule has 1 aromatic heterocycles. The van der Waals surface area contributed by atoms with Gasteiger partial charge in [-0.05, 0) is 25.7 Å².